The Hall–Kier alpha value is -1.56. The molecule has 0 aliphatic carbocycles. The maximum atomic E-state index is 11.6. The molecule has 0 aliphatic rings. The number of hydrogen-bond donors (Lipinski definition) is 2. The summed E-state index contributed by atoms with van der Waals surface area (Å²) in [4.78, 5) is 10.8. The number of carboxylic acid groups (broad SMARTS) is 1. The molecule has 0 amide bonds. The Balaban J connectivity index is 3.58. The smallest absolute Gasteiger partial charge is 0.310 e. The van der Waals surface area contributed by atoms with Crippen LogP contribution in [0.2, 0.25) is 0 Å². The molecule has 1 aromatic carbocycles. The van der Waals surface area contributed by atoms with Crippen LogP contribution in [0.25, 0.3) is 0 Å². The van der Waals surface area contributed by atoms with Crippen molar-refractivity contribution in [2.24, 2.45) is 0 Å². The molecule has 0 spiro atoms. The van der Waals surface area contributed by atoms with Gasteiger partial charge in [-0.25, -0.2) is 8.42 Å². The monoisotopic (exact) mass is 258 g/mol. The van der Waals surface area contributed by atoms with Crippen LogP contribution < -0.4 is 0 Å². The van der Waals surface area contributed by atoms with Crippen molar-refractivity contribution < 1.29 is 23.4 Å². The number of sulfone groups is 1. The largest absolute Gasteiger partial charge is 0.508 e. The molecule has 0 fully saturated rings. The summed E-state index contributed by atoms with van der Waals surface area (Å²) < 4.78 is 23.1. The van der Waals surface area contributed by atoms with E-state index in [1.54, 1.807) is 6.92 Å². The molecule has 1 atom stereocenters. The summed E-state index contributed by atoms with van der Waals surface area (Å²) in [6.07, 6.45) is 1.01. The molecule has 5 nitrogen and oxygen atoms in total. The number of hydrogen-bond acceptors (Lipinski definition) is 4. The average molecular weight is 258 g/mol. The zero-order chi connectivity index (χ0) is 13.4. The van der Waals surface area contributed by atoms with Crippen molar-refractivity contribution in [2.45, 2.75) is 24.7 Å². The lowest BCUT2D eigenvalue weighted by Gasteiger charge is -2.13. The second-order valence-corrected chi connectivity index (χ2v) is 5.99. The fraction of sp³-hybridized carbons (Fsp3) is 0.364. The van der Waals surface area contributed by atoms with Gasteiger partial charge in [0.1, 0.15) is 5.75 Å². The molecule has 1 rings (SSSR count). The molecular weight excluding hydrogens is 244 g/mol. The molecule has 17 heavy (non-hydrogen) atoms. The Morgan fingerprint density at radius 1 is 1.35 bits per heavy atom. The van der Waals surface area contributed by atoms with Crippen molar-refractivity contribution in [3.8, 4) is 5.75 Å². The van der Waals surface area contributed by atoms with Crippen molar-refractivity contribution in [3.05, 3.63) is 23.3 Å². The number of benzene rings is 1. The lowest BCUT2D eigenvalue weighted by atomic mass is 9.99. The highest BCUT2D eigenvalue weighted by atomic mass is 32.2. The number of aromatic hydroxyl groups is 1. The van der Waals surface area contributed by atoms with Gasteiger partial charge >= 0.3 is 5.97 Å². The first-order valence-corrected chi connectivity index (χ1v) is 6.80. The summed E-state index contributed by atoms with van der Waals surface area (Å²) in [6, 6.07) is 2.49. The molecule has 0 radical (unpaired) electrons. The van der Waals surface area contributed by atoms with E-state index in [4.69, 9.17) is 5.11 Å². The first kappa shape index (κ1) is 13.5. The van der Waals surface area contributed by atoms with Crippen LogP contribution in [0.4, 0.5) is 0 Å². The van der Waals surface area contributed by atoms with Gasteiger partial charge in [-0.3, -0.25) is 4.79 Å². The molecule has 0 aliphatic heterocycles. The topological polar surface area (TPSA) is 91.7 Å². The standard InChI is InChI=1S/C11H14O5S/c1-6-4-10(17(3,15)16)8(5-9(6)12)7(2)11(13)14/h4-5,7,12H,1-3H3,(H,13,14). The molecule has 1 aromatic rings. The molecular formula is C11H14O5S. The minimum Gasteiger partial charge on any atom is -0.508 e. The maximum Gasteiger partial charge on any atom is 0.310 e. The van der Waals surface area contributed by atoms with Crippen molar-refractivity contribution in [2.75, 3.05) is 6.26 Å². The third-order valence-electron chi connectivity index (χ3n) is 2.56. The molecule has 94 valence electrons. The van der Waals surface area contributed by atoms with E-state index in [-0.39, 0.29) is 16.2 Å². The minimum atomic E-state index is -3.53. The Morgan fingerprint density at radius 2 is 1.88 bits per heavy atom. The number of phenolic OH excluding ortho intramolecular Hbond substituents is 1. The lowest BCUT2D eigenvalue weighted by molar-refractivity contribution is -0.138. The average Bonchev–Trinajstić information content (AvgIpc) is 2.18. The summed E-state index contributed by atoms with van der Waals surface area (Å²) in [5.74, 6) is -2.25. The molecule has 2 N–H and O–H groups in total. The van der Waals surface area contributed by atoms with Crippen LogP contribution >= 0.6 is 0 Å². The highest BCUT2D eigenvalue weighted by molar-refractivity contribution is 7.90. The predicted molar refractivity (Wildman–Crippen MR) is 62.0 cm³/mol. The van der Waals surface area contributed by atoms with Crippen LogP contribution in [0.15, 0.2) is 17.0 Å². The Labute approximate surface area is 99.6 Å². The van der Waals surface area contributed by atoms with Crippen LogP contribution in [0.5, 0.6) is 5.75 Å². The fourth-order valence-corrected chi connectivity index (χ4v) is 2.53. The van der Waals surface area contributed by atoms with Gasteiger partial charge in [-0.2, -0.15) is 0 Å². The van der Waals surface area contributed by atoms with Gasteiger partial charge in [-0.05, 0) is 37.1 Å². The van der Waals surface area contributed by atoms with Gasteiger partial charge in [0.05, 0.1) is 10.8 Å². The van der Waals surface area contributed by atoms with E-state index >= 15 is 0 Å². The molecule has 0 saturated carbocycles. The quantitative estimate of drug-likeness (QED) is 0.852. The van der Waals surface area contributed by atoms with Gasteiger partial charge in [0, 0.05) is 6.26 Å². The van der Waals surface area contributed by atoms with Crippen LogP contribution in [0.3, 0.4) is 0 Å². The van der Waals surface area contributed by atoms with Gasteiger partial charge in [-0.15, -0.1) is 0 Å². The van der Waals surface area contributed by atoms with E-state index in [2.05, 4.69) is 0 Å². The molecule has 0 bridgehead atoms. The highest BCUT2D eigenvalue weighted by Crippen LogP contribution is 2.30. The molecule has 1 unspecified atom stereocenters. The number of aliphatic carboxylic acids is 1. The molecule has 0 saturated heterocycles. The summed E-state index contributed by atoms with van der Waals surface area (Å²) in [5, 5.41) is 18.4. The summed E-state index contributed by atoms with van der Waals surface area (Å²) in [5.41, 5.74) is 0.495. The predicted octanol–water partition coefficient (Wildman–Crippen LogP) is 1.29. The SMILES string of the molecule is Cc1cc(S(C)(=O)=O)c(C(C)C(=O)O)cc1O. The first-order chi connectivity index (χ1) is 7.64. The van der Waals surface area contributed by atoms with Crippen LogP contribution in [-0.4, -0.2) is 30.9 Å². The van der Waals surface area contributed by atoms with Crippen molar-refractivity contribution in [3.63, 3.8) is 0 Å². The molecule has 0 heterocycles. The van der Waals surface area contributed by atoms with Gasteiger partial charge in [-0.1, -0.05) is 0 Å². The first-order valence-electron chi connectivity index (χ1n) is 4.91. The van der Waals surface area contributed by atoms with Gasteiger partial charge in [0.25, 0.3) is 0 Å². The van der Waals surface area contributed by atoms with Crippen molar-refractivity contribution in [1.29, 1.82) is 0 Å². The zero-order valence-corrected chi connectivity index (χ0v) is 10.6. The third-order valence-corrected chi connectivity index (χ3v) is 3.72. The van der Waals surface area contributed by atoms with E-state index in [0.717, 1.165) is 6.26 Å². The summed E-state index contributed by atoms with van der Waals surface area (Å²) in [7, 11) is -3.53. The number of rotatable bonds is 3. The van der Waals surface area contributed by atoms with E-state index in [1.165, 1.54) is 19.1 Å². The number of aryl methyl sites for hydroxylation is 1. The Morgan fingerprint density at radius 3 is 2.29 bits per heavy atom. The fourth-order valence-electron chi connectivity index (χ4n) is 1.48. The van der Waals surface area contributed by atoms with Crippen molar-refractivity contribution >= 4 is 15.8 Å². The van der Waals surface area contributed by atoms with Crippen LogP contribution in [0.1, 0.15) is 24.0 Å². The Kier molecular flexibility index (Phi) is 3.47. The normalized spacial score (nSPS) is 13.4. The van der Waals surface area contributed by atoms with Gasteiger partial charge in [0.2, 0.25) is 0 Å². The van der Waals surface area contributed by atoms with Crippen LogP contribution in [0, 0.1) is 6.92 Å². The lowest BCUT2D eigenvalue weighted by Crippen LogP contribution is -2.12. The second kappa shape index (κ2) is 4.37. The number of phenols is 1. The van der Waals surface area contributed by atoms with Crippen molar-refractivity contribution in [1.82, 2.24) is 0 Å². The summed E-state index contributed by atoms with van der Waals surface area (Å²) >= 11 is 0. The molecule has 6 heteroatoms. The zero-order valence-electron chi connectivity index (χ0n) is 9.76. The highest BCUT2D eigenvalue weighted by Gasteiger charge is 2.23. The second-order valence-electron chi connectivity index (χ2n) is 4.01. The van der Waals surface area contributed by atoms with E-state index < -0.39 is 21.7 Å². The van der Waals surface area contributed by atoms with E-state index in [9.17, 15) is 18.3 Å². The number of carboxylic acids is 1. The van der Waals surface area contributed by atoms with Gasteiger partial charge in [0.15, 0.2) is 9.84 Å². The maximum absolute atomic E-state index is 11.6. The van der Waals surface area contributed by atoms with Gasteiger partial charge < -0.3 is 10.2 Å². The minimum absolute atomic E-state index is 0.0531. The third kappa shape index (κ3) is 2.76. The van der Waals surface area contributed by atoms with E-state index in [0.29, 0.717) is 5.56 Å². The van der Waals surface area contributed by atoms with E-state index in [1.807, 2.05) is 0 Å². The Bertz CT molecular complexity index is 559. The van der Waals surface area contributed by atoms with Crippen LogP contribution in [-0.2, 0) is 14.6 Å². The molecule has 0 aromatic heterocycles. The summed E-state index contributed by atoms with van der Waals surface area (Å²) in [6.45, 7) is 2.93. The number of carbonyl (C=O) groups is 1.